The van der Waals surface area contributed by atoms with Gasteiger partial charge in [-0.3, -0.25) is 0 Å². The zero-order valence-electron chi connectivity index (χ0n) is 9.69. The minimum atomic E-state index is -1.53. The van der Waals surface area contributed by atoms with Crippen LogP contribution in [-0.2, 0) is 4.43 Å². The van der Waals surface area contributed by atoms with E-state index in [0.29, 0.717) is 10.6 Å². The third kappa shape index (κ3) is 2.33. The first-order valence-corrected chi connectivity index (χ1v) is 7.38. The lowest BCUT2D eigenvalue weighted by molar-refractivity contribution is 0.294. The molecule has 1 unspecified atom stereocenters. The first-order chi connectivity index (χ1) is 5.25. The monoisotopic (exact) mass is 188 g/mol. The molecular weight excluding hydrogens is 164 g/mol. The van der Waals surface area contributed by atoms with Crippen LogP contribution in [0.4, 0.5) is 0 Å². The molecule has 0 saturated heterocycles. The van der Waals surface area contributed by atoms with Gasteiger partial charge in [-0.2, -0.15) is 0 Å². The predicted octanol–water partition coefficient (Wildman–Crippen LogP) is 3.81. The van der Waals surface area contributed by atoms with Gasteiger partial charge in [0, 0.05) is 6.61 Å². The summed E-state index contributed by atoms with van der Waals surface area (Å²) < 4.78 is 5.99. The summed E-state index contributed by atoms with van der Waals surface area (Å²) in [6.45, 7) is 16.8. The van der Waals surface area contributed by atoms with Crippen LogP contribution in [0.3, 0.4) is 0 Å². The first kappa shape index (κ1) is 12.2. The van der Waals surface area contributed by atoms with Gasteiger partial charge in [-0.05, 0) is 24.1 Å². The molecule has 0 aliphatic carbocycles. The molecule has 0 bridgehead atoms. The van der Waals surface area contributed by atoms with E-state index in [-0.39, 0.29) is 0 Å². The Labute approximate surface area is 78.6 Å². The van der Waals surface area contributed by atoms with Gasteiger partial charge >= 0.3 is 0 Å². The van der Waals surface area contributed by atoms with Gasteiger partial charge in [-0.25, -0.2) is 0 Å². The van der Waals surface area contributed by atoms with Crippen molar-refractivity contribution < 1.29 is 4.43 Å². The second-order valence-electron chi connectivity index (χ2n) is 4.94. The van der Waals surface area contributed by atoms with E-state index < -0.39 is 8.32 Å². The van der Waals surface area contributed by atoms with E-state index in [9.17, 15) is 0 Å². The minimum absolute atomic E-state index is 0.344. The van der Waals surface area contributed by atoms with Crippen LogP contribution in [0.25, 0.3) is 0 Å². The van der Waals surface area contributed by atoms with Crippen LogP contribution in [0.15, 0.2) is 0 Å². The average Bonchev–Trinajstić information content (AvgIpc) is 1.85. The summed E-state index contributed by atoms with van der Waals surface area (Å²) in [7, 11) is -1.53. The van der Waals surface area contributed by atoms with Crippen LogP contribution in [-0.4, -0.2) is 14.9 Å². The second-order valence-corrected chi connectivity index (χ2v) is 10.1. The van der Waals surface area contributed by atoms with Crippen LogP contribution >= 0.6 is 0 Å². The second kappa shape index (κ2) is 3.92. The van der Waals surface area contributed by atoms with Crippen molar-refractivity contribution in [1.82, 2.24) is 0 Å². The molecule has 0 aliphatic heterocycles. The highest BCUT2D eigenvalue weighted by Crippen LogP contribution is 2.43. The van der Waals surface area contributed by atoms with Gasteiger partial charge in [0.05, 0.1) is 0 Å². The molecule has 0 amide bonds. The lowest BCUT2D eigenvalue weighted by Crippen LogP contribution is -2.46. The van der Waals surface area contributed by atoms with E-state index in [2.05, 4.69) is 48.1 Å². The summed E-state index contributed by atoms with van der Waals surface area (Å²) in [6, 6.07) is 0. The number of hydrogen-bond acceptors (Lipinski definition) is 1. The zero-order chi connectivity index (χ0) is 9.99. The Kier molecular flexibility index (Phi) is 3.98. The molecule has 0 saturated carbocycles. The van der Waals surface area contributed by atoms with E-state index in [1.807, 2.05) is 0 Å². The van der Waals surface area contributed by atoms with Gasteiger partial charge in [-0.15, -0.1) is 0 Å². The fourth-order valence-corrected chi connectivity index (χ4v) is 4.65. The van der Waals surface area contributed by atoms with Crippen LogP contribution in [0.5, 0.6) is 0 Å². The van der Waals surface area contributed by atoms with Gasteiger partial charge in [0.25, 0.3) is 0 Å². The largest absolute Gasteiger partial charge is 0.417 e. The molecule has 74 valence electrons. The minimum Gasteiger partial charge on any atom is -0.417 e. The van der Waals surface area contributed by atoms with Crippen molar-refractivity contribution in [3.05, 3.63) is 0 Å². The molecule has 0 aromatic heterocycles. The standard InChI is InChI=1S/C10H24OSi/c1-8-11-12(7,9(2)3)10(4,5)6/h9H,8H2,1-7H3. The summed E-state index contributed by atoms with van der Waals surface area (Å²) in [6.07, 6.45) is 0. The quantitative estimate of drug-likeness (QED) is 0.612. The van der Waals surface area contributed by atoms with Gasteiger partial charge in [-0.1, -0.05) is 34.6 Å². The fourth-order valence-electron chi connectivity index (χ4n) is 1.55. The van der Waals surface area contributed by atoms with Crippen molar-refractivity contribution in [2.45, 2.75) is 58.7 Å². The van der Waals surface area contributed by atoms with Crippen molar-refractivity contribution >= 4 is 8.32 Å². The maximum atomic E-state index is 5.99. The maximum absolute atomic E-state index is 5.99. The molecule has 2 heteroatoms. The van der Waals surface area contributed by atoms with Gasteiger partial charge in [0.2, 0.25) is 0 Å². The Hall–Kier alpha value is 0.177. The van der Waals surface area contributed by atoms with Crippen LogP contribution in [0, 0.1) is 0 Å². The van der Waals surface area contributed by atoms with E-state index in [0.717, 1.165) is 6.61 Å². The Morgan fingerprint density at radius 1 is 1.25 bits per heavy atom. The van der Waals surface area contributed by atoms with Crippen molar-refractivity contribution in [3.8, 4) is 0 Å². The SMILES string of the molecule is CCO[Si](C)(C(C)C)C(C)(C)C. The summed E-state index contributed by atoms with van der Waals surface area (Å²) in [5.74, 6) is 0. The van der Waals surface area contributed by atoms with Crippen LogP contribution < -0.4 is 0 Å². The third-order valence-electron chi connectivity index (χ3n) is 3.04. The van der Waals surface area contributed by atoms with E-state index in [1.54, 1.807) is 0 Å². The van der Waals surface area contributed by atoms with Crippen LogP contribution in [0.1, 0.15) is 41.5 Å². The molecule has 0 spiro atoms. The lowest BCUT2D eigenvalue weighted by atomic mass is 10.2. The molecule has 0 heterocycles. The molecular formula is C10H24OSi. The van der Waals surface area contributed by atoms with Crippen molar-refractivity contribution in [3.63, 3.8) is 0 Å². The molecule has 1 atom stereocenters. The molecule has 0 N–H and O–H groups in total. The summed E-state index contributed by atoms with van der Waals surface area (Å²) in [4.78, 5) is 0. The van der Waals surface area contributed by atoms with Crippen molar-refractivity contribution in [2.75, 3.05) is 6.61 Å². The molecule has 12 heavy (non-hydrogen) atoms. The summed E-state index contributed by atoms with van der Waals surface area (Å²) in [5, 5.41) is 0.344. The van der Waals surface area contributed by atoms with Crippen molar-refractivity contribution in [1.29, 1.82) is 0 Å². The third-order valence-corrected chi connectivity index (χ3v) is 9.11. The maximum Gasteiger partial charge on any atom is 0.197 e. The first-order valence-electron chi connectivity index (χ1n) is 4.89. The van der Waals surface area contributed by atoms with Crippen LogP contribution in [0.2, 0.25) is 17.1 Å². The van der Waals surface area contributed by atoms with Crippen molar-refractivity contribution in [2.24, 2.45) is 0 Å². The molecule has 1 nitrogen and oxygen atoms in total. The smallest absolute Gasteiger partial charge is 0.197 e. The normalized spacial score (nSPS) is 18.0. The Balaban J connectivity index is 4.62. The fraction of sp³-hybridized carbons (Fsp3) is 1.00. The van der Waals surface area contributed by atoms with E-state index in [1.165, 1.54) is 0 Å². The zero-order valence-corrected chi connectivity index (χ0v) is 10.7. The Bertz CT molecular complexity index is 137. The molecule has 0 radical (unpaired) electrons. The Morgan fingerprint density at radius 3 is 1.75 bits per heavy atom. The molecule has 0 aliphatic rings. The topological polar surface area (TPSA) is 9.23 Å². The summed E-state index contributed by atoms with van der Waals surface area (Å²) >= 11 is 0. The highest BCUT2D eigenvalue weighted by molar-refractivity contribution is 6.76. The van der Waals surface area contributed by atoms with E-state index >= 15 is 0 Å². The summed E-state index contributed by atoms with van der Waals surface area (Å²) in [5.41, 5.74) is 0.692. The lowest BCUT2D eigenvalue weighted by Gasteiger charge is -2.42. The van der Waals surface area contributed by atoms with Gasteiger partial charge in [0.1, 0.15) is 0 Å². The van der Waals surface area contributed by atoms with Gasteiger partial charge in [0.15, 0.2) is 8.32 Å². The average molecular weight is 188 g/mol. The highest BCUT2D eigenvalue weighted by Gasteiger charge is 2.44. The van der Waals surface area contributed by atoms with E-state index in [4.69, 9.17) is 4.43 Å². The number of hydrogen-bond donors (Lipinski definition) is 0. The molecule has 0 rings (SSSR count). The highest BCUT2D eigenvalue weighted by atomic mass is 28.4. The Morgan fingerprint density at radius 2 is 1.67 bits per heavy atom. The molecule has 0 aromatic carbocycles. The van der Waals surface area contributed by atoms with Gasteiger partial charge < -0.3 is 4.43 Å². The number of rotatable bonds is 3. The molecule has 0 aromatic rings. The predicted molar refractivity (Wildman–Crippen MR) is 58.1 cm³/mol. The molecule has 0 fully saturated rings.